The molecule has 82 valence electrons. The molecule has 0 heterocycles. The second kappa shape index (κ2) is 5.57. The minimum absolute atomic E-state index is 1.05. The van der Waals surface area contributed by atoms with Crippen LogP contribution in [0.2, 0.25) is 0 Å². The van der Waals surface area contributed by atoms with Gasteiger partial charge in [0.2, 0.25) is 0 Å². The van der Waals surface area contributed by atoms with Crippen molar-refractivity contribution in [1.29, 1.82) is 0 Å². The smallest absolute Gasteiger partial charge is 0.208 e. The molecule has 0 amide bonds. The fourth-order valence-electron chi connectivity index (χ4n) is 0. The van der Waals surface area contributed by atoms with Gasteiger partial charge in [0.15, 0.2) is 0 Å². The van der Waals surface area contributed by atoms with Gasteiger partial charge in [-0.05, 0) is 6.92 Å². The highest BCUT2D eigenvalue weighted by molar-refractivity contribution is 6.60. The van der Waals surface area contributed by atoms with Gasteiger partial charge in [0.05, 0.1) is 0 Å². The van der Waals surface area contributed by atoms with Crippen LogP contribution >= 0.6 is 69.6 Å². The summed E-state index contributed by atoms with van der Waals surface area (Å²) in [6.45, 7) is 1.05. The quantitative estimate of drug-likeness (QED) is 0.575. The van der Waals surface area contributed by atoms with E-state index < -0.39 is 13.8 Å². The molecule has 13 heavy (non-hydrogen) atoms. The van der Waals surface area contributed by atoms with Crippen LogP contribution in [0.1, 0.15) is 6.92 Å². The summed E-state index contributed by atoms with van der Waals surface area (Å²) < 4.78 is 26.2. The Kier molecular flexibility index (Phi) is 7.26. The van der Waals surface area contributed by atoms with E-state index in [1.54, 1.807) is 0 Å². The van der Waals surface area contributed by atoms with Gasteiger partial charge in [0.25, 0.3) is 4.59 Å². The fourth-order valence-corrected chi connectivity index (χ4v) is 0. The number of alkyl halides is 9. The third-order valence-electron chi connectivity index (χ3n) is 0.321. The average Bonchev–Trinajstić information content (AvgIpc) is 1.50. The molecule has 0 atom stereocenters. The lowest BCUT2D eigenvalue weighted by Crippen LogP contribution is -2.26. The monoisotopic (exact) mass is 318 g/mol. The number of halogens is 9. The van der Waals surface area contributed by atoms with E-state index in [0.717, 1.165) is 6.92 Å². The molecule has 0 aromatic carbocycles. The van der Waals surface area contributed by atoms with Crippen LogP contribution in [0.25, 0.3) is 0 Å². The summed E-state index contributed by atoms with van der Waals surface area (Å²) >= 11 is 27.1. The van der Waals surface area contributed by atoms with E-state index in [1.165, 1.54) is 0 Å². The summed E-state index contributed by atoms with van der Waals surface area (Å²) in [4.78, 5) is 0. The maximum Gasteiger partial charge on any atom is 0.320 e. The molecule has 0 aliphatic heterocycles. The Labute approximate surface area is 103 Å². The van der Waals surface area contributed by atoms with E-state index in [-0.39, 0.29) is 0 Å². The summed E-state index contributed by atoms with van der Waals surface area (Å²) in [7, 11) is 0. The minimum Gasteiger partial charge on any atom is -0.208 e. The van der Waals surface area contributed by atoms with Gasteiger partial charge in [-0.15, -0.1) is 0 Å². The minimum atomic E-state index is -3.25. The lowest BCUT2D eigenvalue weighted by atomic mass is 10.8. The normalized spacial score (nSPS) is 13.4. The van der Waals surface area contributed by atoms with Gasteiger partial charge in [-0.3, -0.25) is 0 Å². The van der Waals surface area contributed by atoms with Crippen molar-refractivity contribution in [3.63, 3.8) is 0 Å². The van der Waals surface area contributed by atoms with Crippen LogP contribution in [-0.4, -0.2) is 13.8 Å². The highest BCUT2D eigenvalue weighted by atomic mass is 35.5. The van der Waals surface area contributed by atoms with E-state index in [1.807, 2.05) is 0 Å². The van der Waals surface area contributed by atoms with Gasteiger partial charge in [-0.25, -0.2) is 13.2 Å². The fraction of sp³-hybridized carbons (Fsp3) is 1.00. The Balaban J connectivity index is 0. The molecule has 0 unspecified atom stereocenters. The molecule has 0 radical (unpaired) electrons. The van der Waals surface area contributed by atoms with Crippen molar-refractivity contribution < 1.29 is 13.2 Å². The predicted molar refractivity (Wildman–Crippen MR) is 52.3 cm³/mol. The van der Waals surface area contributed by atoms with E-state index >= 15 is 0 Å². The van der Waals surface area contributed by atoms with Gasteiger partial charge in [-0.2, -0.15) is 0 Å². The molecule has 0 N–H and O–H groups in total. The second-order valence-electron chi connectivity index (χ2n) is 1.78. The Morgan fingerprint density at radius 1 is 0.692 bits per heavy atom. The highest BCUT2D eigenvalue weighted by Gasteiger charge is 2.48. The van der Waals surface area contributed by atoms with Crippen LogP contribution in [0, 0.1) is 0 Å². The molecule has 0 aromatic heterocycles. The highest BCUT2D eigenvalue weighted by Crippen LogP contribution is 2.44. The molecule has 0 aliphatic rings. The first-order valence-electron chi connectivity index (χ1n) is 2.45. The zero-order valence-corrected chi connectivity index (χ0v) is 10.4. The van der Waals surface area contributed by atoms with Crippen molar-refractivity contribution in [2.24, 2.45) is 0 Å². The molecule has 0 bridgehead atoms. The Bertz CT molecular complexity index is 123. The molecular weight excluding hydrogens is 318 g/mol. The van der Waals surface area contributed by atoms with Gasteiger partial charge in [-0.1, -0.05) is 69.6 Å². The van der Waals surface area contributed by atoms with Crippen molar-refractivity contribution in [1.82, 2.24) is 0 Å². The molecule has 0 rings (SSSR count). The molecule has 0 fully saturated rings. The zero-order chi connectivity index (χ0) is 11.5. The number of hydrogen-bond acceptors (Lipinski definition) is 0. The molecule has 0 saturated carbocycles. The van der Waals surface area contributed by atoms with Gasteiger partial charge in [0.1, 0.15) is 0 Å². The van der Waals surface area contributed by atoms with Crippen LogP contribution in [0.3, 0.4) is 0 Å². The third-order valence-corrected chi connectivity index (χ3v) is 1.75. The van der Waals surface area contributed by atoms with Gasteiger partial charge < -0.3 is 0 Å². The first-order valence-corrected chi connectivity index (χ1v) is 4.72. The van der Waals surface area contributed by atoms with Crippen LogP contribution in [-0.2, 0) is 0 Å². The van der Waals surface area contributed by atoms with E-state index in [9.17, 15) is 13.2 Å². The third kappa shape index (κ3) is 16.2. The molecule has 9 heteroatoms. The van der Waals surface area contributed by atoms with Crippen LogP contribution in [0.15, 0.2) is 0 Å². The predicted octanol–water partition coefficient (Wildman–Crippen LogP) is 5.30. The Hall–Kier alpha value is 1.53. The lowest BCUT2D eigenvalue weighted by molar-refractivity contribution is 0.233. The Morgan fingerprint density at radius 3 is 0.769 bits per heavy atom. The van der Waals surface area contributed by atoms with E-state index in [4.69, 9.17) is 0 Å². The van der Waals surface area contributed by atoms with Crippen LogP contribution in [0.5, 0.6) is 0 Å². The lowest BCUT2D eigenvalue weighted by Gasteiger charge is -2.15. The standard InChI is InChI=1S/C2Cl4F2.C2H3Cl2F/c3-1(4,7)2(5,6)8;1-2(3,4)5/h;1H3. The Morgan fingerprint density at radius 2 is 0.769 bits per heavy atom. The van der Waals surface area contributed by atoms with E-state index in [2.05, 4.69) is 69.6 Å². The SMILES string of the molecule is CC(F)(Cl)Cl.FC(Cl)(Cl)C(F)(Cl)Cl. The summed E-state index contributed by atoms with van der Waals surface area (Å²) in [5.74, 6) is 0. The largest absolute Gasteiger partial charge is 0.320 e. The number of hydrogen-bond donors (Lipinski definition) is 0. The number of rotatable bonds is 1. The van der Waals surface area contributed by atoms with E-state index in [0.29, 0.717) is 0 Å². The zero-order valence-electron chi connectivity index (χ0n) is 5.90. The van der Waals surface area contributed by atoms with Crippen LogP contribution in [0.4, 0.5) is 13.2 Å². The van der Waals surface area contributed by atoms with Crippen LogP contribution < -0.4 is 0 Å². The molecule has 0 nitrogen and oxygen atoms in total. The molecule has 0 saturated heterocycles. The first-order chi connectivity index (χ1) is 5.25. The summed E-state index contributed by atoms with van der Waals surface area (Å²) in [6.07, 6.45) is 0. The maximum atomic E-state index is 11.8. The van der Waals surface area contributed by atoms with Crippen molar-refractivity contribution in [2.75, 3.05) is 0 Å². The second-order valence-corrected chi connectivity index (χ2v) is 5.86. The molecule has 0 spiro atoms. The average molecular weight is 321 g/mol. The maximum absolute atomic E-state index is 11.8. The van der Waals surface area contributed by atoms with Crippen molar-refractivity contribution in [2.45, 2.75) is 20.7 Å². The topological polar surface area (TPSA) is 0 Å². The van der Waals surface area contributed by atoms with Gasteiger partial charge >= 0.3 is 9.17 Å². The summed E-state index contributed by atoms with van der Waals surface area (Å²) in [5.41, 5.74) is 0. The van der Waals surface area contributed by atoms with Crippen molar-refractivity contribution in [3.8, 4) is 0 Å². The molecular formula is C4H3Cl6F3. The molecule has 0 aromatic rings. The van der Waals surface area contributed by atoms with Crippen molar-refractivity contribution >= 4 is 69.6 Å². The molecule has 0 aliphatic carbocycles. The van der Waals surface area contributed by atoms with Gasteiger partial charge in [0, 0.05) is 0 Å². The first kappa shape index (κ1) is 16.9. The summed E-state index contributed by atoms with van der Waals surface area (Å²) in [6, 6.07) is 0. The van der Waals surface area contributed by atoms with Crippen molar-refractivity contribution in [3.05, 3.63) is 0 Å². The summed E-state index contributed by atoms with van der Waals surface area (Å²) in [5, 5.41) is 0.